The van der Waals surface area contributed by atoms with Crippen LogP contribution < -0.4 is 11.1 Å². The number of carbonyl (C=O) groups excluding carboxylic acids is 2. The number of carbonyl (C=O) groups is 2. The molecule has 1 unspecified atom stereocenters. The minimum atomic E-state index is -0.449. The van der Waals surface area contributed by atoms with Gasteiger partial charge in [-0.3, -0.25) is 9.59 Å². The summed E-state index contributed by atoms with van der Waals surface area (Å²) in [5, 5.41) is 2.69. The van der Waals surface area contributed by atoms with Crippen LogP contribution in [0.3, 0.4) is 0 Å². The minimum absolute atomic E-state index is 0.0200. The summed E-state index contributed by atoms with van der Waals surface area (Å²) in [6.45, 7) is 5.68. The van der Waals surface area contributed by atoms with Crippen molar-refractivity contribution in [2.24, 2.45) is 22.5 Å². The van der Waals surface area contributed by atoms with E-state index in [0.717, 1.165) is 19.3 Å². The molecular formula is C14H25N3O2. The Balaban J connectivity index is 2.05. The molecule has 1 saturated heterocycles. The van der Waals surface area contributed by atoms with Gasteiger partial charge in [0, 0.05) is 26.7 Å². The second-order valence-corrected chi connectivity index (χ2v) is 6.61. The number of rotatable bonds is 3. The van der Waals surface area contributed by atoms with Gasteiger partial charge in [0.15, 0.2) is 0 Å². The summed E-state index contributed by atoms with van der Waals surface area (Å²) in [4.78, 5) is 26.4. The topological polar surface area (TPSA) is 75.4 Å². The van der Waals surface area contributed by atoms with Crippen molar-refractivity contribution in [1.29, 1.82) is 0 Å². The predicted octanol–water partition coefficient (Wildman–Crippen LogP) is 0.346. The van der Waals surface area contributed by atoms with Gasteiger partial charge in [-0.1, -0.05) is 6.92 Å². The van der Waals surface area contributed by atoms with E-state index in [2.05, 4.69) is 12.2 Å². The molecule has 1 heterocycles. The molecule has 1 atom stereocenters. The first-order valence-corrected chi connectivity index (χ1v) is 7.08. The molecule has 3 N–H and O–H groups in total. The minimum Gasteiger partial charge on any atom is -0.359 e. The molecule has 1 aliphatic carbocycles. The van der Waals surface area contributed by atoms with E-state index in [1.165, 1.54) is 0 Å². The molecule has 0 aromatic heterocycles. The van der Waals surface area contributed by atoms with Gasteiger partial charge < -0.3 is 16.0 Å². The van der Waals surface area contributed by atoms with Crippen molar-refractivity contribution in [3.8, 4) is 0 Å². The Bertz CT molecular complexity index is 390. The lowest BCUT2D eigenvalue weighted by Gasteiger charge is -2.46. The monoisotopic (exact) mass is 267 g/mol. The molecule has 0 radical (unpaired) electrons. The van der Waals surface area contributed by atoms with Crippen LogP contribution in [0.5, 0.6) is 0 Å². The lowest BCUT2D eigenvalue weighted by atomic mass is 9.62. The second-order valence-electron chi connectivity index (χ2n) is 6.61. The summed E-state index contributed by atoms with van der Waals surface area (Å²) in [5.74, 6) is 0.757. The zero-order valence-electron chi connectivity index (χ0n) is 12.2. The molecule has 19 heavy (non-hydrogen) atoms. The Morgan fingerprint density at radius 2 is 2.05 bits per heavy atom. The van der Waals surface area contributed by atoms with Gasteiger partial charge in [0.25, 0.3) is 0 Å². The number of hydrogen-bond donors (Lipinski definition) is 2. The van der Waals surface area contributed by atoms with E-state index < -0.39 is 5.41 Å². The first-order valence-electron chi connectivity index (χ1n) is 7.08. The molecule has 1 saturated carbocycles. The number of nitrogens with two attached hydrogens (primary N) is 1. The summed E-state index contributed by atoms with van der Waals surface area (Å²) in [7, 11) is 1.65. The SMILES string of the molecule is CNC(=O)C1(C)CCN(C(=O)C2(CN)CC(C)C2)C1. The lowest BCUT2D eigenvalue weighted by Crippen LogP contribution is -2.54. The van der Waals surface area contributed by atoms with Crippen molar-refractivity contribution in [2.75, 3.05) is 26.7 Å². The third kappa shape index (κ3) is 2.24. The van der Waals surface area contributed by atoms with E-state index in [-0.39, 0.29) is 17.2 Å². The highest BCUT2D eigenvalue weighted by Gasteiger charge is 2.52. The third-order valence-corrected chi connectivity index (χ3v) is 4.86. The maximum atomic E-state index is 12.6. The van der Waals surface area contributed by atoms with Crippen molar-refractivity contribution < 1.29 is 9.59 Å². The number of hydrogen-bond acceptors (Lipinski definition) is 3. The molecule has 0 aromatic carbocycles. The summed E-state index contributed by atoms with van der Waals surface area (Å²) < 4.78 is 0. The predicted molar refractivity (Wildman–Crippen MR) is 73.3 cm³/mol. The van der Waals surface area contributed by atoms with Crippen LogP contribution >= 0.6 is 0 Å². The van der Waals surface area contributed by atoms with Gasteiger partial charge in [0.05, 0.1) is 10.8 Å². The molecule has 108 valence electrons. The summed E-state index contributed by atoms with van der Waals surface area (Å²) >= 11 is 0. The Hall–Kier alpha value is -1.10. The normalized spacial score (nSPS) is 37.9. The van der Waals surface area contributed by atoms with E-state index in [1.807, 2.05) is 11.8 Å². The van der Waals surface area contributed by atoms with Crippen molar-refractivity contribution in [3.05, 3.63) is 0 Å². The van der Waals surface area contributed by atoms with Crippen molar-refractivity contribution in [2.45, 2.75) is 33.1 Å². The fraction of sp³-hybridized carbons (Fsp3) is 0.857. The number of nitrogens with one attached hydrogen (secondary N) is 1. The fourth-order valence-corrected chi connectivity index (χ4v) is 3.66. The first kappa shape index (κ1) is 14.3. The highest BCUT2D eigenvalue weighted by Crippen LogP contribution is 2.47. The van der Waals surface area contributed by atoms with E-state index in [0.29, 0.717) is 25.6 Å². The molecule has 5 heteroatoms. The molecule has 0 bridgehead atoms. The quantitative estimate of drug-likeness (QED) is 0.774. The maximum absolute atomic E-state index is 12.6. The Labute approximate surface area is 114 Å². The smallest absolute Gasteiger partial charge is 0.230 e. The first-order chi connectivity index (χ1) is 8.87. The van der Waals surface area contributed by atoms with Crippen molar-refractivity contribution >= 4 is 11.8 Å². The van der Waals surface area contributed by atoms with Crippen LogP contribution in [-0.2, 0) is 9.59 Å². The van der Waals surface area contributed by atoms with E-state index in [1.54, 1.807) is 7.05 Å². The zero-order valence-corrected chi connectivity index (χ0v) is 12.2. The van der Waals surface area contributed by atoms with Crippen LogP contribution in [0.2, 0.25) is 0 Å². The molecule has 1 aliphatic heterocycles. The number of amides is 2. The summed E-state index contributed by atoms with van der Waals surface area (Å²) in [5.41, 5.74) is 5.02. The van der Waals surface area contributed by atoms with Gasteiger partial charge >= 0.3 is 0 Å². The summed E-state index contributed by atoms with van der Waals surface area (Å²) in [6, 6.07) is 0. The van der Waals surface area contributed by atoms with Gasteiger partial charge in [-0.15, -0.1) is 0 Å². The Morgan fingerprint density at radius 3 is 2.53 bits per heavy atom. The van der Waals surface area contributed by atoms with Gasteiger partial charge in [-0.25, -0.2) is 0 Å². The average Bonchev–Trinajstić information content (AvgIpc) is 2.76. The van der Waals surface area contributed by atoms with Gasteiger partial charge in [0.2, 0.25) is 11.8 Å². The fourth-order valence-electron chi connectivity index (χ4n) is 3.66. The number of nitrogens with zero attached hydrogens (tertiary/aromatic N) is 1. The standard InChI is InChI=1S/C14H25N3O2/c1-10-6-14(7-10,8-15)12(19)17-5-4-13(2,9-17)11(18)16-3/h10H,4-9,15H2,1-3H3,(H,16,18). The van der Waals surface area contributed by atoms with Crippen LogP contribution in [-0.4, -0.2) is 43.4 Å². The van der Waals surface area contributed by atoms with Crippen molar-refractivity contribution in [3.63, 3.8) is 0 Å². The van der Waals surface area contributed by atoms with E-state index in [9.17, 15) is 9.59 Å². The van der Waals surface area contributed by atoms with E-state index in [4.69, 9.17) is 5.73 Å². The molecular weight excluding hydrogens is 242 g/mol. The van der Waals surface area contributed by atoms with Crippen LogP contribution in [0.25, 0.3) is 0 Å². The zero-order chi connectivity index (χ0) is 14.3. The molecule has 2 rings (SSSR count). The maximum Gasteiger partial charge on any atom is 0.230 e. The van der Waals surface area contributed by atoms with Gasteiger partial charge in [-0.05, 0) is 32.1 Å². The highest BCUT2D eigenvalue weighted by atomic mass is 16.2. The van der Waals surface area contributed by atoms with Crippen molar-refractivity contribution in [1.82, 2.24) is 10.2 Å². The van der Waals surface area contributed by atoms with Crippen LogP contribution in [0, 0.1) is 16.7 Å². The third-order valence-electron chi connectivity index (χ3n) is 4.86. The second kappa shape index (κ2) is 4.78. The number of likely N-dealkylation sites (tertiary alicyclic amines) is 1. The molecule has 0 aromatic rings. The molecule has 5 nitrogen and oxygen atoms in total. The van der Waals surface area contributed by atoms with Crippen LogP contribution in [0.1, 0.15) is 33.1 Å². The van der Waals surface area contributed by atoms with Gasteiger partial charge in [-0.2, -0.15) is 0 Å². The lowest BCUT2D eigenvalue weighted by molar-refractivity contribution is -0.149. The molecule has 2 aliphatic rings. The van der Waals surface area contributed by atoms with Crippen LogP contribution in [0.15, 0.2) is 0 Å². The molecule has 0 spiro atoms. The largest absolute Gasteiger partial charge is 0.359 e. The van der Waals surface area contributed by atoms with Gasteiger partial charge in [0.1, 0.15) is 0 Å². The Morgan fingerprint density at radius 1 is 1.42 bits per heavy atom. The molecule has 2 fully saturated rings. The summed E-state index contributed by atoms with van der Waals surface area (Å²) in [6.07, 6.45) is 2.50. The average molecular weight is 267 g/mol. The Kier molecular flexibility index (Phi) is 3.60. The van der Waals surface area contributed by atoms with Crippen LogP contribution in [0.4, 0.5) is 0 Å². The molecule has 2 amide bonds. The highest BCUT2D eigenvalue weighted by molar-refractivity contribution is 5.87. The van der Waals surface area contributed by atoms with E-state index >= 15 is 0 Å².